The number of nitrogens with zero attached hydrogens (tertiary/aromatic N) is 1. The minimum Gasteiger partial charge on any atom is -0.307 e. The number of fused-ring (bicyclic) bond motifs is 2. The van der Waals surface area contributed by atoms with Gasteiger partial charge in [0.05, 0.1) is 11.2 Å². The Morgan fingerprint density at radius 2 is 1.61 bits per heavy atom. The molecule has 38 heavy (non-hydrogen) atoms. The molecule has 0 unspecified atom stereocenters. The Morgan fingerprint density at radius 3 is 2.21 bits per heavy atom. The van der Waals surface area contributed by atoms with E-state index in [0.717, 1.165) is 43.2 Å². The molecule has 2 spiro atoms. The number of sulfonamides is 2. The molecule has 2 aromatic rings. The highest BCUT2D eigenvalue weighted by Gasteiger charge is 2.53. The maximum absolute atomic E-state index is 13.9. The summed E-state index contributed by atoms with van der Waals surface area (Å²) in [7, 11) is -7.21. The Morgan fingerprint density at radius 1 is 0.947 bits per heavy atom. The Kier molecular flexibility index (Phi) is 6.89. The number of hydrogen-bond acceptors (Lipinski definition) is 5. The predicted octanol–water partition coefficient (Wildman–Crippen LogP) is 4.78. The van der Waals surface area contributed by atoms with Crippen molar-refractivity contribution in [3.63, 3.8) is 0 Å². The summed E-state index contributed by atoms with van der Waals surface area (Å²) in [6.45, 7) is 4.37. The third-order valence-electron chi connectivity index (χ3n) is 8.79. The van der Waals surface area contributed by atoms with Gasteiger partial charge in [-0.25, -0.2) is 21.6 Å². The maximum atomic E-state index is 13.9. The van der Waals surface area contributed by atoms with Gasteiger partial charge < -0.3 is 4.90 Å². The van der Waals surface area contributed by atoms with E-state index < -0.39 is 20.0 Å². The van der Waals surface area contributed by atoms with Gasteiger partial charge in [-0.05, 0) is 98.7 Å². The third-order valence-corrected chi connectivity index (χ3v) is 10.9. The molecule has 0 aromatic heterocycles. The Labute approximate surface area is 226 Å². The fourth-order valence-electron chi connectivity index (χ4n) is 6.19. The average Bonchev–Trinajstić information content (AvgIpc) is 3.58. The molecular formula is C28H37N3O5S2. The standard InChI is InChI=1S/C28H37N3O5S2/c1-4-21(5-2)30-38(35,36)23-8-6-7-20(17-23)26(32)31-19-28(15-13-27(11-12-27)14-16-28)24-18-22(9-10-25(24)31)29-37(3,33)34/h6-10,17-18,21,29-30H,4-5,11-16,19H2,1-3H3. The molecule has 0 saturated heterocycles. The van der Waals surface area contributed by atoms with Crippen LogP contribution < -0.4 is 14.3 Å². The zero-order valence-electron chi connectivity index (χ0n) is 22.3. The smallest absolute Gasteiger partial charge is 0.258 e. The monoisotopic (exact) mass is 559 g/mol. The lowest BCUT2D eigenvalue weighted by Gasteiger charge is -2.38. The number of rotatable bonds is 8. The molecule has 2 fully saturated rings. The minimum atomic E-state index is -3.77. The molecule has 0 bridgehead atoms. The van der Waals surface area contributed by atoms with Crippen LogP contribution in [0.15, 0.2) is 47.4 Å². The van der Waals surface area contributed by atoms with Crippen molar-refractivity contribution < 1.29 is 21.6 Å². The lowest BCUT2D eigenvalue weighted by molar-refractivity contribution is 0.0980. The summed E-state index contributed by atoms with van der Waals surface area (Å²) in [5.74, 6) is -0.252. The van der Waals surface area contributed by atoms with Crippen molar-refractivity contribution in [1.82, 2.24) is 4.72 Å². The summed E-state index contributed by atoms with van der Waals surface area (Å²) in [6.07, 6.45) is 9.11. The summed E-state index contributed by atoms with van der Waals surface area (Å²) in [4.78, 5) is 15.7. The summed E-state index contributed by atoms with van der Waals surface area (Å²) in [5.41, 5.74) is 2.78. The van der Waals surface area contributed by atoms with Gasteiger partial charge in [0.25, 0.3) is 5.91 Å². The summed E-state index contributed by atoms with van der Waals surface area (Å²) in [5, 5.41) is 0. The Balaban J connectivity index is 1.48. The van der Waals surface area contributed by atoms with Crippen LogP contribution in [0.3, 0.4) is 0 Å². The number of carbonyl (C=O) groups excluding carboxylic acids is 1. The van der Waals surface area contributed by atoms with Crippen LogP contribution in [0.5, 0.6) is 0 Å². The number of amides is 1. The molecule has 2 N–H and O–H groups in total. The first-order valence-electron chi connectivity index (χ1n) is 13.5. The van der Waals surface area contributed by atoms with Gasteiger partial charge in [0, 0.05) is 34.9 Å². The largest absolute Gasteiger partial charge is 0.307 e. The maximum Gasteiger partial charge on any atom is 0.258 e. The molecule has 1 aliphatic heterocycles. The number of carbonyl (C=O) groups is 1. The van der Waals surface area contributed by atoms with Crippen molar-refractivity contribution in [1.29, 1.82) is 0 Å². The molecule has 10 heteroatoms. The van der Waals surface area contributed by atoms with Gasteiger partial charge in [0.15, 0.2) is 0 Å². The van der Waals surface area contributed by atoms with E-state index in [9.17, 15) is 21.6 Å². The molecule has 0 atom stereocenters. The van der Waals surface area contributed by atoms with Crippen LogP contribution in [-0.4, -0.2) is 41.6 Å². The second kappa shape index (κ2) is 9.64. The van der Waals surface area contributed by atoms with Crippen LogP contribution in [0.2, 0.25) is 0 Å². The normalized spacial score (nSPS) is 19.6. The number of anilines is 2. The lowest BCUT2D eigenvalue weighted by atomic mass is 9.66. The molecule has 0 radical (unpaired) electrons. The predicted molar refractivity (Wildman–Crippen MR) is 150 cm³/mol. The topological polar surface area (TPSA) is 113 Å². The number of hydrogen-bond donors (Lipinski definition) is 2. The SMILES string of the molecule is CCC(CC)NS(=O)(=O)c1cccc(C(=O)N2CC3(CCC4(CC4)CC3)c3cc(NS(C)(=O)=O)ccc32)c1. The van der Waals surface area contributed by atoms with E-state index in [4.69, 9.17) is 0 Å². The summed E-state index contributed by atoms with van der Waals surface area (Å²) in [6, 6.07) is 11.4. The first kappa shape index (κ1) is 27.1. The highest BCUT2D eigenvalue weighted by atomic mass is 32.2. The van der Waals surface area contributed by atoms with Gasteiger partial charge >= 0.3 is 0 Å². The highest BCUT2D eigenvalue weighted by Crippen LogP contribution is 2.62. The van der Waals surface area contributed by atoms with Gasteiger partial charge in [-0.3, -0.25) is 9.52 Å². The van der Waals surface area contributed by atoms with Gasteiger partial charge in [0.1, 0.15) is 0 Å². The third kappa shape index (κ3) is 5.22. The van der Waals surface area contributed by atoms with Crippen LogP contribution in [0.4, 0.5) is 11.4 Å². The van der Waals surface area contributed by atoms with Gasteiger partial charge in [-0.15, -0.1) is 0 Å². The molecule has 1 amide bonds. The molecule has 5 rings (SSSR count). The van der Waals surface area contributed by atoms with Gasteiger partial charge in [0.2, 0.25) is 20.0 Å². The molecular weight excluding hydrogens is 522 g/mol. The lowest BCUT2D eigenvalue weighted by Crippen LogP contribution is -2.40. The Hall–Kier alpha value is -2.43. The second-order valence-corrected chi connectivity index (χ2v) is 14.9. The number of nitrogens with one attached hydrogen (secondary N) is 2. The number of benzene rings is 2. The molecule has 2 aliphatic carbocycles. The van der Waals surface area contributed by atoms with E-state index >= 15 is 0 Å². The van der Waals surface area contributed by atoms with Gasteiger partial charge in [-0.2, -0.15) is 0 Å². The summed E-state index contributed by atoms with van der Waals surface area (Å²) >= 11 is 0. The van der Waals surface area contributed by atoms with E-state index in [1.807, 2.05) is 26.0 Å². The summed E-state index contributed by atoms with van der Waals surface area (Å²) < 4.78 is 55.2. The van der Waals surface area contributed by atoms with E-state index in [1.165, 1.54) is 25.0 Å². The zero-order chi connectivity index (χ0) is 27.3. The molecule has 3 aliphatic rings. The van der Waals surface area contributed by atoms with Crippen molar-refractivity contribution >= 4 is 37.3 Å². The fraction of sp³-hybridized carbons (Fsp3) is 0.536. The Bertz CT molecular complexity index is 1450. The van der Waals surface area contributed by atoms with E-state index in [2.05, 4.69) is 9.44 Å². The molecule has 2 saturated carbocycles. The van der Waals surface area contributed by atoms with E-state index in [0.29, 0.717) is 36.1 Å². The highest BCUT2D eigenvalue weighted by molar-refractivity contribution is 7.92. The van der Waals surface area contributed by atoms with E-state index in [-0.39, 0.29) is 22.3 Å². The fourth-order valence-corrected chi connectivity index (χ4v) is 8.19. The first-order valence-corrected chi connectivity index (χ1v) is 16.8. The van der Waals surface area contributed by atoms with Gasteiger partial charge in [-0.1, -0.05) is 19.9 Å². The van der Waals surface area contributed by atoms with Crippen LogP contribution >= 0.6 is 0 Å². The van der Waals surface area contributed by atoms with Crippen molar-refractivity contribution in [3.8, 4) is 0 Å². The van der Waals surface area contributed by atoms with Crippen LogP contribution in [-0.2, 0) is 25.5 Å². The second-order valence-electron chi connectivity index (χ2n) is 11.4. The van der Waals surface area contributed by atoms with Crippen molar-refractivity contribution in [2.45, 2.75) is 81.6 Å². The van der Waals surface area contributed by atoms with E-state index in [1.54, 1.807) is 23.1 Å². The van der Waals surface area contributed by atoms with Crippen molar-refractivity contribution in [3.05, 3.63) is 53.6 Å². The molecule has 1 heterocycles. The average molecular weight is 560 g/mol. The molecule has 206 valence electrons. The zero-order valence-corrected chi connectivity index (χ0v) is 23.9. The van der Waals surface area contributed by atoms with Crippen LogP contribution in [0.25, 0.3) is 0 Å². The van der Waals surface area contributed by atoms with Crippen LogP contribution in [0, 0.1) is 5.41 Å². The van der Waals surface area contributed by atoms with Crippen LogP contribution in [0.1, 0.15) is 81.1 Å². The molecule has 2 aromatic carbocycles. The van der Waals surface area contributed by atoms with Crippen molar-refractivity contribution in [2.75, 3.05) is 22.4 Å². The first-order chi connectivity index (χ1) is 17.9. The van der Waals surface area contributed by atoms with Crippen molar-refractivity contribution in [2.24, 2.45) is 5.41 Å². The molecule has 8 nitrogen and oxygen atoms in total. The quantitative estimate of drug-likeness (QED) is 0.484. The minimum absolute atomic E-state index is 0.0745.